The van der Waals surface area contributed by atoms with E-state index in [4.69, 9.17) is 4.74 Å². The quantitative estimate of drug-likeness (QED) is 0.510. The molecule has 0 aromatic heterocycles. The van der Waals surface area contributed by atoms with Gasteiger partial charge in [0.2, 0.25) is 5.91 Å². The fourth-order valence-electron chi connectivity index (χ4n) is 5.71. The van der Waals surface area contributed by atoms with Crippen molar-refractivity contribution >= 4 is 18.0 Å². The van der Waals surface area contributed by atoms with E-state index in [-0.39, 0.29) is 24.3 Å². The van der Waals surface area contributed by atoms with E-state index in [1.807, 2.05) is 38.1 Å². The highest BCUT2D eigenvalue weighted by Gasteiger charge is 2.44. The largest absolute Gasteiger partial charge is 0.480 e. The first-order valence-electron chi connectivity index (χ1n) is 12.4. The average Bonchev–Trinajstić information content (AvgIpc) is 3.41. The molecule has 1 saturated carbocycles. The lowest BCUT2D eigenvalue weighted by Gasteiger charge is -2.32. The Morgan fingerprint density at radius 3 is 2.03 bits per heavy atom. The number of aliphatic carboxylic acids is 1. The molecule has 7 heteroatoms. The van der Waals surface area contributed by atoms with Gasteiger partial charge in [-0.1, -0.05) is 75.2 Å². The number of carbonyl (C=O) groups is 3. The minimum Gasteiger partial charge on any atom is -0.480 e. The number of fused-ring (bicyclic) bond motifs is 3. The molecule has 2 aliphatic carbocycles. The van der Waals surface area contributed by atoms with Crippen LogP contribution in [-0.4, -0.2) is 41.3 Å². The van der Waals surface area contributed by atoms with E-state index < -0.39 is 29.6 Å². The molecule has 0 aliphatic heterocycles. The highest BCUT2D eigenvalue weighted by Crippen LogP contribution is 2.44. The standard InChI is InChI=1S/C28H34N2O5/c1-17(2)24(25(31)30-28(26(32)33)14-8-9-15-28)18(3)29-27(34)35-16-23-21-12-6-4-10-19(21)20-11-5-7-13-22(20)23/h4-7,10-13,17-18,23-24H,8-9,14-16H2,1-3H3,(H,29,34)(H,30,31)(H,32,33). The molecule has 7 nitrogen and oxygen atoms in total. The first kappa shape index (κ1) is 24.8. The van der Waals surface area contributed by atoms with E-state index in [0.717, 1.165) is 35.1 Å². The molecule has 0 bridgehead atoms. The molecule has 2 amide bonds. The summed E-state index contributed by atoms with van der Waals surface area (Å²) in [4.78, 5) is 37.8. The van der Waals surface area contributed by atoms with Crippen molar-refractivity contribution in [2.75, 3.05) is 6.61 Å². The van der Waals surface area contributed by atoms with Gasteiger partial charge in [-0.3, -0.25) is 4.79 Å². The Morgan fingerprint density at radius 1 is 0.971 bits per heavy atom. The SMILES string of the molecule is CC(C)C(C(=O)NC1(C(=O)O)CCCC1)C(C)NC(=O)OCC1c2ccccc2-c2ccccc21. The van der Waals surface area contributed by atoms with Gasteiger partial charge in [-0.05, 0) is 47.9 Å². The molecule has 2 aliphatic rings. The third-order valence-electron chi connectivity index (χ3n) is 7.48. The zero-order chi connectivity index (χ0) is 25.2. The van der Waals surface area contributed by atoms with Gasteiger partial charge in [-0.15, -0.1) is 0 Å². The second-order valence-electron chi connectivity index (χ2n) is 10.1. The van der Waals surface area contributed by atoms with Crippen LogP contribution in [0.5, 0.6) is 0 Å². The molecule has 0 radical (unpaired) electrons. The number of amides is 2. The summed E-state index contributed by atoms with van der Waals surface area (Å²) in [7, 11) is 0. The number of carboxylic acid groups (broad SMARTS) is 1. The van der Waals surface area contributed by atoms with Gasteiger partial charge in [-0.2, -0.15) is 0 Å². The van der Waals surface area contributed by atoms with Crippen LogP contribution in [0.3, 0.4) is 0 Å². The Balaban J connectivity index is 1.40. The van der Waals surface area contributed by atoms with Crippen LogP contribution in [-0.2, 0) is 14.3 Å². The van der Waals surface area contributed by atoms with Gasteiger partial charge in [0.25, 0.3) is 0 Å². The van der Waals surface area contributed by atoms with E-state index in [1.54, 1.807) is 6.92 Å². The number of hydrogen-bond acceptors (Lipinski definition) is 4. The molecule has 4 rings (SSSR count). The van der Waals surface area contributed by atoms with Crippen LogP contribution in [0.2, 0.25) is 0 Å². The van der Waals surface area contributed by atoms with E-state index in [2.05, 4.69) is 34.9 Å². The predicted molar refractivity (Wildman–Crippen MR) is 133 cm³/mol. The molecule has 3 N–H and O–H groups in total. The highest BCUT2D eigenvalue weighted by molar-refractivity contribution is 5.89. The van der Waals surface area contributed by atoms with Crippen LogP contribution in [0.1, 0.15) is 63.5 Å². The van der Waals surface area contributed by atoms with Crippen LogP contribution in [0.15, 0.2) is 48.5 Å². The fourth-order valence-corrected chi connectivity index (χ4v) is 5.71. The lowest BCUT2D eigenvalue weighted by Crippen LogP contribution is -2.57. The van der Waals surface area contributed by atoms with Crippen molar-refractivity contribution in [2.24, 2.45) is 11.8 Å². The molecular formula is C28H34N2O5. The Kier molecular flexibility index (Phi) is 7.15. The summed E-state index contributed by atoms with van der Waals surface area (Å²) in [5.74, 6) is -2.09. The molecule has 2 aromatic carbocycles. The Bertz CT molecular complexity index is 1060. The minimum absolute atomic E-state index is 0.0505. The lowest BCUT2D eigenvalue weighted by atomic mass is 9.86. The Morgan fingerprint density at radius 2 is 1.51 bits per heavy atom. The zero-order valence-electron chi connectivity index (χ0n) is 20.5. The molecule has 186 valence electrons. The molecule has 0 heterocycles. The van der Waals surface area contributed by atoms with Crippen LogP contribution >= 0.6 is 0 Å². The molecule has 0 spiro atoms. The van der Waals surface area contributed by atoms with Crippen molar-refractivity contribution in [3.05, 3.63) is 59.7 Å². The number of benzene rings is 2. The van der Waals surface area contributed by atoms with Crippen LogP contribution in [0, 0.1) is 11.8 Å². The Hall–Kier alpha value is -3.35. The normalized spacial score (nSPS) is 17.8. The monoisotopic (exact) mass is 478 g/mol. The first-order valence-corrected chi connectivity index (χ1v) is 12.4. The van der Waals surface area contributed by atoms with Crippen LogP contribution in [0.4, 0.5) is 4.79 Å². The Labute approximate surface area is 206 Å². The number of nitrogens with one attached hydrogen (secondary N) is 2. The average molecular weight is 479 g/mol. The van der Waals surface area contributed by atoms with Gasteiger partial charge >= 0.3 is 12.1 Å². The predicted octanol–water partition coefficient (Wildman–Crippen LogP) is 4.70. The molecule has 1 fully saturated rings. The third kappa shape index (κ3) is 4.90. The number of carbonyl (C=O) groups excluding carboxylic acids is 2. The van der Waals surface area contributed by atoms with Crippen LogP contribution < -0.4 is 10.6 Å². The van der Waals surface area contributed by atoms with Crippen molar-refractivity contribution in [1.29, 1.82) is 0 Å². The summed E-state index contributed by atoms with van der Waals surface area (Å²) in [6.07, 6.45) is 1.80. The van der Waals surface area contributed by atoms with Gasteiger partial charge in [0.15, 0.2) is 0 Å². The number of hydrogen-bond donors (Lipinski definition) is 3. The van der Waals surface area contributed by atoms with Crippen molar-refractivity contribution < 1.29 is 24.2 Å². The summed E-state index contributed by atoms with van der Waals surface area (Å²) in [6.45, 7) is 5.73. The molecule has 0 saturated heterocycles. The highest BCUT2D eigenvalue weighted by atomic mass is 16.5. The minimum atomic E-state index is -1.21. The third-order valence-corrected chi connectivity index (χ3v) is 7.48. The number of rotatable bonds is 8. The maximum atomic E-state index is 13.1. The van der Waals surface area contributed by atoms with E-state index >= 15 is 0 Å². The van der Waals surface area contributed by atoms with Crippen molar-refractivity contribution in [3.63, 3.8) is 0 Å². The number of carboxylic acids is 1. The molecule has 35 heavy (non-hydrogen) atoms. The molecular weight excluding hydrogens is 444 g/mol. The van der Waals surface area contributed by atoms with Gasteiger partial charge in [0.1, 0.15) is 12.1 Å². The van der Waals surface area contributed by atoms with E-state index in [1.165, 1.54) is 0 Å². The summed E-state index contributed by atoms with van der Waals surface area (Å²) in [5, 5.41) is 15.3. The number of alkyl carbamates (subject to hydrolysis) is 1. The van der Waals surface area contributed by atoms with E-state index in [9.17, 15) is 19.5 Å². The second-order valence-corrected chi connectivity index (χ2v) is 10.1. The van der Waals surface area contributed by atoms with Crippen LogP contribution in [0.25, 0.3) is 11.1 Å². The summed E-state index contributed by atoms with van der Waals surface area (Å²) in [5.41, 5.74) is 3.35. The topological polar surface area (TPSA) is 105 Å². The maximum Gasteiger partial charge on any atom is 0.407 e. The molecule has 2 aromatic rings. The van der Waals surface area contributed by atoms with E-state index in [0.29, 0.717) is 12.8 Å². The van der Waals surface area contributed by atoms with Crippen molar-refractivity contribution in [2.45, 2.75) is 64.0 Å². The smallest absolute Gasteiger partial charge is 0.407 e. The maximum absolute atomic E-state index is 13.1. The zero-order valence-corrected chi connectivity index (χ0v) is 20.5. The van der Waals surface area contributed by atoms with Gasteiger partial charge in [-0.25, -0.2) is 9.59 Å². The lowest BCUT2D eigenvalue weighted by molar-refractivity contribution is -0.148. The van der Waals surface area contributed by atoms with Crippen molar-refractivity contribution in [1.82, 2.24) is 10.6 Å². The number of ether oxygens (including phenoxy) is 1. The fraction of sp³-hybridized carbons (Fsp3) is 0.464. The first-order chi connectivity index (χ1) is 16.7. The molecule has 2 atom stereocenters. The summed E-state index contributed by atoms with van der Waals surface area (Å²) < 4.78 is 5.64. The van der Waals surface area contributed by atoms with Gasteiger partial charge < -0.3 is 20.5 Å². The van der Waals surface area contributed by atoms with Crippen molar-refractivity contribution in [3.8, 4) is 11.1 Å². The summed E-state index contributed by atoms with van der Waals surface area (Å²) >= 11 is 0. The van der Waals surface area contributed by atoms with Gasteiger partial charge in [0, 0.05) is 12.0 Å². The van der Waals surface area contributed by atoms with Gasteiger partial charge in [0.05, 0.1) is 5.92 Å². The summed E-state index contributed by atoms with van der Waals surface area (Å²) in [6, 6.07) is 15.7. The molecule has 2 unspecified atom stereocenters. The second kappa shape index (κ2) is 10.1.